The van der Waals surface area contributed by atoms with Gasteiger partial charge in [-0.25, -0.2) is 4.79 Å². The van der Waals surface area contributed by atoms with Crippen LogP contribution in [0.4, 0.5) is 0 Å². The summed E-state index contributed by atoms with van der Waals surface area (Å²) in [5, 5.41) is 10.0. The summed E-state index contributed by atoms with van der Waals surface area (Å²) in [6.07, 6.45) is -0.579. The number of morpholine rings is 1. The predicted octanol–water partition coefficient (Wildman–Crippen LogP) is 0.935. The minimum atomic E-state index is -0.579. The van der Waals surface area contributed by atoms with Gasteiger partial charge in [-0.2, -0.15) is 0 Å². The molecule has 0 aromatic heterocycles. The van der Waals surface area contributed by atoms with Crippen LogP contribution in [0.2, 0.25) is 0 Å². The lowest BCUT2D eigenvalue weighted by Gasteiger charge is -2.28. The van der Waals surface area contributed by atoms with Gasteiger partial charge >= 0.3 is 5.97 Å². The zero-order valence-electron chi connectivity index (χ0n) is 12.9. The highest BCUT2D eigenvalue weighted by atomic mass is 16.5. The van der Waals surface area contributed by atoms with Crippen molar-refractivity contribution in [2.24, 2.45) is 0 Å². The summed E-state index contributed by atoms with van der Waals surface area (Å²) in [6.45, 7) is 5.90. The van der Waals surface area contributed by atoms with Gasteiger partial charge in [0, 0.05) is 19.6 Å². The predicted molar refractivity (Wildman–Crippen MR) is 81.2 cm³/mol. The number of esters is 1. The van der Waals surface area contributed by atoms with E-state index in [9.17, 15) is 9.90 Å². The number of benzene rings is 1. The van der Waals surface area contributed by atoms with Crippen molar-refractivity contribution in [3.8, 4) is 5.75 Å². The van der Waals surface area contributed by atoms with E-state index in [0.717, 1.165) is 13.1 Å². The average Bonchev–Trinajstić information content (AvgIpc) is 2.54. The highest BCUT2D eigenvalue weighted by Gasteiger charge is 2.15. The van der Waals surface area contributed by atoms with Crippen LogP contribution >= 0.6 is 0 Å². The van der Waals surface area contributed by atoms with Crippen LogP contribution in [-0.2, 0) is 9.47 Å². The fraction of sp³-hybridized carbons (Fsp3) is 0.562. The van der Waals surface area contributed by atoms with E-state index in [4.69, 9.17) is 14.2 Å². The Balaban J connectivity index is 1.80. The molecule has 6 heteroatoms. The molecule has 1 unspecified atom stereocenters. The summed E-state index contributed by atoms with van der Waals surface area (Å²) in [5.74, 6) is 0.174. The van der Waals surface area contributed by atoms with E-state index >= 15 is 0 Å². The molecule has 2 rings (SSSR count). The molecule has 1 fully saturated rings. The van der Waals surface area contributed by atoms with Crippen LogP contribution in [0.15, 0.2) is 24.3 Å². The van der Waals surface area contributed by atoms with Gasteiger partial charge in [0.2, 0.25) is 0 Å². The summed E-state index contributed by atoms with van der Waals surface area (Å²) in [7, 11) is 0. The van der Waals surface area contributed by atoms with Gasteiger partial charge in [0.1, 0.15) is 18.5 Å². The van der Waals surface area contributed by atoms with Crippen LogP contribution in [0, 0.1) is 0 Å². The number of carbonyl (C=O) groups is 1. The number of carbonyl (C=O) groups excluding carboxylic acids is 1. The third-order valence-electron chi connectivity index (χ3n) is 3.36. The van der Waals surface area contributed by atoms with Crippen molar-refractivity contribution in [2.45, 2.75) is 13.0 Å². The second-order valence-electron chi connectivity index (χ2n) is 5.13. The molecule has 1 heterocycles. The summed E-state index contributed by atoms with van der Waals surface area (Å²) in [5.41, 5.74) is 0.446. The van der Waals surface area contributed by atoms with Crippen molar-refractivity contribution in [1.82, 2.24) is 4.90 Å². The van der Waals surface area contributed by atoms with Crippen molar-refractivity contribution in [2.75, 3.05) is 46.1 Å². The molecule has 1 saturated heterocycles. The molecular formula is C16H23NO5. The molecule has 0 saturated carbocycles. The minimum Gasteiger partial charge on any atom is -0.491 e. The third kappa shape index (κ3) is 5.29. The van der Waals surface area contributed by atoms with Crippen LogP contribution in [0.1, 0.15) is 17.3 Å². The largest absolute Gasteiger partial charge is 0.491 e. The van der Waals surface area contributed by atoms with Crippen LogP contribution in [0.5, 0.6) is 5.75 Å². The quantitative estimate of drug-likeness (QED) is 0.756. The second kappa shape index (κ2) is 8.73. The molecule has 1 aromatic rings. The standard InChI is InChI=1S/C16H23NO5/c1-2-21-16(19)13-4-3-5-15(10-13)22-12-14(18)11-17-6-8-20-9-7-17/h3-5,10,14,18H,2,6-9,11-12H2,1H3. The smallest absolute Gasteiger partial charge is 0.338 e. The number of rotatable bonds is 7. The van der Waals surface area contributed by atoms with E-state index in [1.54, 1.807) is 31.2 Å². The monoisotopic (exact) mass is 309 g/mol. The van der Waals surface area contributed by atoms with E-state index < -0.39 is 6.10 Å². The van der Waals surface area contributed by atoms with Crippen LogP contribution in [-0.4, -0.2) is 68.1 Å². The zero-order chi connectivity index (χ0) is 15.8. The molecule has 1 aliphatic heterocycles. The van der Waals surface area contributed by atoms with Gasteiger partial charge in [0.15, 0.2) is 0 Å². The Morgan fingerprint density at radius 3 is 2.91 bits per heavy atom. The first-order valence-electron chi connectivity index (χ1n) is 7.57. The zero-order valence-corrected chi connectivity index (χ0v) is 12.9. The fourth-order valence-electron chi connectivity index (χ4n) is 2.25. The number of nitrogens with zero attached hydrogens (tertiary/aromatic N) is 1. The van der Waals surface area contributed by atoms with Crippen molar-refractivity contribution in [1.29, 1.82) is 0 Å². The maximum atomic E-state index is 11.7. The van der Waals surface area contributed by atoms with Gasteiger partial charge in [0.05, 0.1) is 25.4 Å². The highest BCUT2D eigenvalue weighted by Crippen LogP contribution is 2.14. The Labute approximate surface area is 130 Å². The number of hydrogen-bond donors (Lipinski definition) is 1. The maximum Gasteiger partial charge on any atom is 0.338 e. The minimum absolute atomic E-state index is 0.184. The number of hydrogen-bond acceptors (Lipinski definition) is 6. The first-order valence-corrected chi connectivity index (χ1v) is 7.57. The Hall–Kier alpha value is -1.63. The van der Waals surface area contributed by atoms with E-state index in [1.807, 2.05) is 0 Å². The van der Waals surface area contributed by atoms with Gasteiger partial charge in [-0.05, 0) is 25.1 Å². The summed E-state index contributed by atoms with van der Waals surface area (Å²) in [6, 6.07) is 6.79. The molecule has 6 nitrogen and oxygen atoms in total. The normalized spacial score (nSPS) is 17.0. The van der Waals surface area contributed by atoms with Gasteiger partial charge in [0.25, 0.3) is 0 Å². The SMILES string of the molecule is CCOC(=O)c1cccc(OCC(O)CN2CCOCC2)c1. The molecule has 1 aliphatic rings. The van der Waals surface area contributed by atoms with Gasteiger partial charge in [-0.3, -0.25) is 4.90 Å². The van der Waals surface area contributed by atoms with Crippen molar-refractivity contribution in [3.63, 3.8) is 0 Å². The van der Waals surface area contributed by atoms with Crippen molar-refractivity contribution < 1.29 is 24.1 Å². The summed E-state index contributed by atoms with van der Waals surface area (Å²) < 4.78 is 15.8. The van der Waals surface area contributed by atoms with E-state index in [2.05, 4.69) is 4.90 Å². The summed E-state index contributed by atoms with van der Waals surface area (Å²) >= 11 is 0. The first-order chi connectivity index (χ1) is 10.7. The first kappa shape index (κ1) is 16.7. The molecule has 0 amide bonds. The Morgan fingerprint density at radius 1 is 1.41 bits per heavy atom. The number of ether oxygens (including phenoxy) is 3. The third-order valence-corrected chi connectivity index (χ3v) is 3.36. The summed E-state index contributed by atoms with van der Waals surface area (Å²) in [4.78, 5) is 13.8. The van der Waals surface area contributed by atoms with Crippen molar-refractivity contribution in [3.05, 3.63) is 29.8 Å². The Bertz CT molecular complexity index is 473. The van der Waals surface area contributed by atoms with E-state index in [0.29, 0.717) is 37.7 Å². The molecule has 1 atom stereocenters. The molecule has 1 aromatic carbocycles. The van der Waals surface area contributed by atoms with E-state index in [-0.39, 0.29) is 12.6 Å². The molecule has 0 spiro atoms. The Kier molecular flexibility index (Phi) is 6.64. The Morgan fingerprint density at radius 2 is 2.18 bits per heavy atom. The van der Waals surface area contributed by atoms with Crippen LogP contribution < -0.4 is 4.74 Å². The van der Waals surface area contributed by atoms with Gasteiger partial charge in [-0.1, -0.05) is 6.07 Å². The molecule has 22 heavy (non-hydrogen) atoms. The maximum absolute atomic E-state index is 11.7. The molecule has 122 valence electrons. The van der Waals surface area contributed by atoms with Crippen LogP contribution in [0.25, 0.3) is 0 Å². The average molecular weight is 309 g/mol. The number of β-amino-alcohol motifs (C(OH)–C–C–N with tert-alkyl or cyclic N) is 1. The second-order valence-corrected chi connectivity index (χ2v) is 5.13. The molecule has 0 bridgehead atoms. The lowest BCUT2D eigenvalue weighted by Crippen LogP contribution is -2.42. The number of aliphatic hydroxyl groups is 1. The molecule has 0 radical (unpaired) electrons. The lowest BCUT2D eigenvalue weighted by atomic mass is 10.2. The topological polar surface area (TPSA) is 68.2 Å². The van der Waals surface area contributed by atoms with Gasteiger partial charge in [-0.15, -0.1) is 0 Å². The van der Waals surface area contributed by atoms with Gasteiger partial charge < -0.3 is 19.3 Å². The molecule has 0 aliphatic carbocycles. The molecule has 1 N–H and O–H groups in total. The van der Waals surface area contributed by atoms with E-state index in [1.165, 1.54) is 0 Å². The highest BCUT2D eigenvalue weighted by molar-refractivity contribution is 5.89. The van der Waals surface area contributed by atoms with Crippen molar-refractivity contribution >= 4 is 5.97 Å². The molecular weight excluding hydrogens is 286 g/mol. The number of aliphatic hydroxyl groups excluding tert-OH is 1. The van der Waals surface area contributed by atoms with Crippen LogP contribution in [0.3, 0.4) is 0 Å². The fourth-order valence-corrected chi connectivity index (χ4v) is 2.25. The lowest BCUT2D eigenvalue weighted by molar-refractivity contribution is 0.00465.